The van der Waals surface area contributed by atoms with Crippen molar-refractivity contribution in [3.63, 3.8) is 0 Å². The van der Waals surface area contributed by atoms with Gasteiger partial charge in [-0.2, -0.15) is 0 Å². The lowest BCUT2D eigenvalue weighted by Crippen LogP contribution is -2.38. The average Bonchev–Trinajstić information content (AvgIpc) is 3.22. The molecule has 0 fully saturated rings. The zero-order valence-electron chi connectivity index (χ0n) is 19.9. The number of benzene rings is 3. The van der Waals surface area contributed by atoms with Crippen LogP contribution in [0.1, 0.15) is 34.7 Å². The Bertz CT molecular complexity index is 1710. The fourth-order valence-electron chi connectivity index (χ4n) is 5.10. The third kappa shape index (κ3) is 3.55. The monoisotopic (exact) mass is 496 g/mol. The number of para-hydroxylation sites is 1. The Labute approximate surface area is 211 Å². The summed E-state index contributed by atoms with van der Waals surface area (Å²) in [4.78, 5) is 19.5. The van der Waals surface area contributed by atoms with Crippen LogP contribution in [0.4, 0.5) is 0 Å². The molecule has 6 rings (SSSR count). The fourth-order valence-corrected chi connectivity index (χ4v) is 6.09. The van der Waals surface area contributed by atoms with Crippen LogP contribution >= 0.6 is 11.3 Å². The van der Waals surface area contributed by atoms with Crippen molar-refractivity contribution >= 4 is 23.1 Å². The topological polar surface area (TPSA) is 73.0 Å². The van der Waals surface area contributed by atoms with Gasteiger partial charge in [0.25, 0.3) is 5.56 Å². The van der Waals surface area contributed by atoms with Gasteiger partial charge in [-0.05, 0) is 53.8 Å². The van der Waals surface area contributed by atoms with Crippen LogP contribution in [-0.4, -0.2) is 23.9 Å². The second-order valence-electron chi connectivity index (χ2n) is 8.79. The highest BCUT2D eigenvalue weighted by atomic mass is 32.1. The van der Waals surface area contributed by atoms with E-state index in [4.69, 9.17) is 14.5 Å². The predicted molar refractivity (Wildman–Crippen MR) is 140 cm³/mol. The van der Waals surface area contributed by atoms with E-state index < -0.39 is 0 Å². The van der Waals surface area contributed by atoms with E-state index in [-0.39, 0.29) is 17.4 Å². The molecule has 2 heterocycles. The number of aromatic hydroxyl groups is 1. The first-order valence-corrected chi connectivity index (χ1v) is 12.5. The van der Waals surface area contributed by atoms with E-state index >= 15 is 0 Å². The minimum atomic E-state index is -0.323. The Hall–Kier alpha value is -4.10. The Morgan fingerprint density at radius 1 is 1.00 bits per heavy atom. The van der Waals surface area contributed by atoms with Crippen LogP contribution in [0.5, 0.6) is 17.2 Å². The Balaban J connectivity index is 1.63. The number of hydrogen-bond donors (Lipinski definition) is 1. The van der Waals surface area contributed by atoms with Crippen molar-refractivity contribution in [3.05, 3.63) is 114 Å². The standard InChI is InChI=1S/C29H24N2O4S/c1-34-23-14-12-19(15-24(23)35-2)27-21-13-11-17-7-3-5-9-20(17)26(21)30-29-31(27)28(33)25(36-29)16-18-8-4-6-10-22(18)32/h3-10,12,14-16,27,32H,11,13H2,1-2H3. The van der Waals surface area contributed by atoms with Gasteiger partial charge in [0.05, 0.1) is 30.5 Å². The number of nitrogens with zero attached hydrogens (tertiary/aromatic N) is 2. The molecule has 0 radical (unpaired) electrons. The summed E-state index contributed by atoms with van der Waals surface area (Å²) in [7, 11) is 3.22. The van der Waals surface area contributed by atoms with Gasteiger partial charge in [-0.15, -0.1) is 0 Å². The third-order valence-corrected chi connectivity index (χ3v) is 7.80. The van der Waals surface area contributed by atoms with Crippen molar-refractivity contribution in [1.29, 1.82) is 0 Å². The molecule has 7 heteroatoms. The molecular weight excluding hydrogens is 472 g/mol. The number of ether oxygens (including phenoxy) is 2. The van der Waals surface area contributed by atoms with Gasteiger partial charge in [0, 0.05) is 11.1 Å². The van der Waals surface area contributed by atoms with Crippen molar-refractivity contribution in [2.24, 2.45) is 4.99 Å². The summed E-state index contributed by atoms with van der Waals surface area (Å²) in [5.41, 5.74) is 5.83. The lowest BCUT2D eigenvalue weighted by molar-refractivity contribution is 0.354. The molecule has 1 N–H and O–H groups in total. The summed E-state index contributed by atoms with van der Waals surface area (Å²) in [6, 6.07) is 20.8. The van der Waals surface area contributed by atoms with Crippen molar-refractivity contribution in [2.75, 3.05) is 14.2 Å². The molecule has 3 aromatic carbocycles. The Kier molecular flexibility index (Phi) is 5.49. The van der Waals surface area contributed by atoms with E-state index in [2.05, 4.69) is 18.2 Å². The van der Waals surface area contributed by atoms with Crippen LogP contribution in [0.3, 0.4) is 0 Å². The van der Waals surface area contributed by atoms with Gasteiger partial charge in [0.1, 0.15) is 5.75 Å². The first-order chi connectivity index (χ1) is 17.6. The molecule has 0 saturated carbocycles. The lowest BCUT2D eigenvalue weighted by atomic mass is 9.83. The van der Waals surface area contributed by atoms with E-state index in [1.54, 1.807) is 43.1 Å². The number of aromatic nitrogens is 1. The average molecular weight is 497 g/mol. The number of thiazole rings is 1. The van der Waals surface area contributed by atoms with Crippen LogP contribution in [0.25, 0.3) is 11.8 Å². The zero-order valence-corrected chi connectivity index (χ0v) is 20.7. The van der Waals surface area contributed by atoms with Crippen molar-refractivity contribution in [3.8, 4) is 17.2 Å². The number of phenols is 1. The summed E-state index contributed by atoms with van der Waals surface area (Å²) in [6.45, 7) is 0. The molecule has 180 valence electrons. The number of allylic oxidation sites excluding steroid dienone is 1. The quantitative estimate of drug-likeness (QED) is 0.463. The van der Waals surface area contributed by atoms with Gasteiger partial charge < -0.3 is 14.6 Å². The van der Waals surface area contributed by atoms with Crippen molar-refractivity contribution in [1.82, 2.24) is 4.57 Å². The summed E-state index contributed by atoms with van der Waals surface area (Å²) in [5, 5.41) is 10.3. The van der Waals surface area contributed by atoms with E-state index in [0.717, 1.165) is 35.2 Å². The number of rotatable bonds is 4. The second kappa shape index (κ2) is 8.84. The highest BCUT2D eigenvalue weighted by molar-refractivity contribution is 7.07. The fraction of sp³-hybridized carbons (Fsp3) is 0.172. The second-order valence-corrected chi connectivity index (χ2v) is 9.80. The lowest BCUT2D eigenvalue weighted by Gasteiger charge is -2.31. The van der Waals surface area contributed by atoms with Crippen LogP contribution in [-0.2, 0) is 6.42 Å². The van der Waals surface area contributed by atoms with Gasteiger partial charge in [-0.25, -0.2) is 4.99 Å². The molecule has 36 heavy (non-hydrogen) atoms. The van der Waals surface area contributed by atoms with Crippen molar-refractivity contribution < 1.29 is 14.6 Å². The first kappa shape index (κ1) is 22.4. The van der Waals surface area contributed by atoms with Gasteiger partial charge in [-0.3, -0.25) is 9.36 Å². The third-order valence-electron chi connectivity index (χ3n) is 6.82. The van der Waals surface area contributed by atoms with E-state index in [1.165, 1.54) is 16.9 Å². The first-order valence-electron chi connectivity index (χ1n) is 11.7. The number of fused-ring (bicyclic) bond motifs is 3. The molecule has 0 saturated heterocycles. The minimum Gasteiger partial charge on any atom is -0.507 e. The molecule has 1 aromatic heterocycles. The van der Waals surface area contributed by atoms with Gasteiger partial charge in [0.2, 0.25) is 0 Å². The van der Waals surface area contributed by atoms with Crippen molar-refractivity contribution in [2.45, 2.75) is 18.9 Å². The summed E-state index contributed by atoms with van der Waals surface area (Å²) in [6.07, 6.45) is 3.43. The highest BCUT2D eigenvalue weighted by Crippen LogP contribution is 2.42. The predicted octanol–water partition coefficient (Wildman–Crippen LogP) is 4.04. The van der Waals surface area contributed by atoms with Gasteiger partial charge in [0.15, 0.2) is 16.3 Å². The molecule has 0 amide bonds. The maximum atomic E-state index is 13.8. The molecule has 4 aromatic rings. The molecule has 1 atom stereocenters. The van der Waals surface area contributed by atoms with Crippen LogP contribution in [0.2, 0.25) is 0 Å². The summed E-state index contributed by atoms with van der Waals surface area (Å²) < 4.78 is 13.4. The van der Waals surface area contributed by atoms with E-state index in [9.17, 15) is 9.90 Å². The largest absolute Gasteiger partial charge is 0.507 e. The maximum Gasteiger partial charge on any atom is 0.271 e. The van der Waals surface area contributed by atoms with E-state index in [0.29, 0.717) is 26.4 Å². The van der Waals surface area contributed by atoms with Gasteiger partial charge in [-0.1, -0.05) is 59.9 Å². The van der Waals surface area contributed by atoms with E-state index in [1.807, 2.05) is 30.3 Å². The maximum absolute atomic E-state index is 13.8. The highest BCUT2D eigenvalue weighted by Gasteiger charge is 2.33. The molecule has 1 unspecified atom stereocenters. The van der Waals surface area contributed by atoms with Crippen LogP contribution in [0, 0.1) is 0 Å². The van der Waals surface area contributed by atoms with Gasteiger partial charge >= 0.3 is 0 Å². The number of hydrogen-bond acceptors (Lipinski definition) is 6. The molecular formula is C29H24N2O4S. The Morgan fingerprint density at radius 3 is 2.58 bits per heavy atom. The van der Waals surface area contributed by atoms with Crippen LogP contribution in [0.15, 0.2) is 82.1 Å². The molecule has 0 spiro atoms. The molecule has 1 aliphatic carbocycles. The molecule has 6 nitrogen and oxygen atoms in total. The minimum absolute atomic E-state index is 0.132. The SMILES string of the molecule is COc1ccc(C2C3=C(N=c4sc(=Cc5ccccc5O)c(=O)n42)c2ccccc2CC3)cc1OC. The molecule has 1 aliphatic heterocycles. The summed E-state index contributed by atoms with van der Waals surface area (Å²) in [5.74, 6) is 1.38. The zero-order chi connectivity index (χ0) is 24.8. The van der Waals surface area contributed by atoms with Crippen LogP contribution < -0.4 is 24.4 Å². The number of phenolic OH excluding ortho intramolecular Hbond substituents is 1. The smallest absolute Gasteiger partial charge is 0.271 e. The normalized spacial score (nSPS) is 16.6. The number of aryl methyl sites for hydroxylation is 1. The Morgan fingerprint density at radius 2 is 1.78 bits per heavy atom. The number of methoxy groups -OCH3 is 2. The molecule has 0 bridgehead atoms. The summed E-state index contributed by atoms with van der Waals surface area (Å²) >= 11 is 1.34. The molecule has 2 aliphatic rings.